The summed E-state index contributed by atoms with van der Waals surface area (Å²) in [6.07, 6.45) is 1.22. The summed E-state index contributed by atoms with van der Waals surface area (Å²) in [7, 11) is 2.80. The van der Waals surface area contributed by atoms with Crippen LogP contribution in [0.2, 0.25) is 0 Å². The molecule has 1 saturated heterocycles. The molecule has 0 N–H and O–H groups in total. The lowest BCUT2D eigenvalue weighted by molar-refractivity contribution is -0.120. The van der Waals surface area contributed by atoms with Gasteiger partial charge in [-0.15, -0.1) is 0 Å². The van der Waals surface area contributed by atoms with Crippen LogP contribution in [0.25, 0.3) is 0 Å². The normalized spacial score (nSPS) is 17.0. The lowest BCUT2D eigenvalue weighted by Gasteiger charge is -2.19. The smallest absolute Gasteiger partial charge is 0.274 e. The Morgan fingerprint density at radius 1 is 1.02 bits per heavy atom. The van der Waals surface area contributed by atoms with Gasteiger partial charge in [-0.25, -0.2) is 8.78 Å². The number of aromatic nitrogens is 1. The fourth-order valence-electron chi connectivity index (χ4n) is 4.96. The highest BCUT2D eigenvalue weighted by molar-refractivity contribution is 6.04. The molecular formula is C30H32F2N2O6. The van der Waals surface area contributed by atoms with Gasteiger partial charge in [-0.3, -0.25) is 14.4 Å². The van der Waals surface area contributed by atoms with E-state index in [0.29, 0.717) is 11.3 Å². The summed E-state index contributed by atoms with van der Waals surface area (Å²) in [6, 6.07) is 11.7. The van der Waals surface area contributed by atoms with Crippen molar-refractivity contribution in [2.45, 2.75) is 38.8 Å². The van der Waals surface area contributed by atoms with Crippen LogP contribution in [0.4, 0.5) is 14.5 Å². The minimum atomic E-state index is -1.11. The second kappa shape index (κ2) is 12.4. The second-order valence-electron chi connectivity index (χ2n) is 9.87. The van der Waals surface area contributed by atoms with E-state index >= 15 is 8.78 Å². The number of ketones is 1. The van der Waals surface area contributed by atoms with Crippen molar-refractivity contribution in [1.82, 2.24) is 4.57 Å². The maximum atomic E-state index is 15.2. The van der Waals surface area contributed by atoms with Crippen molar-refractivity contribution in [3.8, 4) is 11.5 Å². The summed E-state index contributed by atoms with van der Waals surface area (Å²) < 4.78 is 47.5. The van der Waals surface area contributed by atoms with Crippen LogP contribution in [0.3, 0.4) is 0 Å². The average Bonchev–Trinajstić information content (AvgIpc) is 3.22. The van der Waals surface area contributed by atoms with E-state index in [1.165, 1.54) is 29.8 Å². The van der Waals surface area contributed by atoms with Gasteiger partial charge in [0.2, 0.25) is 5.91 Å². The van der Waals surface area contributed by atoms with E-state index in [1.54, 1.807) is 36.5 Å². The van der Waals surface area contributed by atoms with Crippen LogP contribution < -0.4 is 19.9 Å². The minimum absolute atomic E-state index is 0.0136. The molecule has 1 amide bonds. The molecule has 1 aliphatic heterocycles. The van der Waals surface area contributed by atoms with E-state index < -0.39 is 34.9 Å². The van der Waals surface area contributed by atoms with Gasteiger partial charge < -0.3 is 23.7 Å². The number of rotatable bonds is 11. The third-order valence-corrected chi connectivity index (χ3v) is 6.89. The van der Waals surface area contributed by atoms with Gasteiger partial charge in [0.1, 0.15) is 28.8 Å². The van der Waals surface area contributed by atoms with Crippen LogP contribution in [0.5, 0.6) is 11.5 Å². The number of pyridine rings is 1. The summed E-state index contributed by atoms with van der Waals surface area (Å²) in [5.41, 5.74) is -0.382. The maximum Gasteiger partial charge on any atom is 0.274 e. The van der Waals surface area contributed by atoms with Crippen molar-refractivity contribution in [2.24, 2.45) is 5.92 Å². The van der Waals surface area contributed by atoms with Crippen molar-refractivity contribution in [3.05, 3.63) is 87.8 Å². The molecule has 0 unspecified atom stereocenters. The zero-order chi connectivity index (χ0) is 29.0. The highest BCUT2D eigenvalue weighted by atomic mass is 19.1. The standard InChI is InChI=1S/C30H32F2N2O6/c1-18(2)40-20-9-7-19(8-10-20)27(35)16-22-23(28-24(31)14-21(39-4)15-25(28)32)17-34(29(22)36)26-6-5-11-33(30(26)37)12-13-38-3/h5-11,14-15,18,22-23H,12-13,16-17H2,1-4H3/t22-,23+/m0/s1. The number of benzene rings is 2. The molecule has 40 heavy (non-hydrogen) atoms. The molecule has 2 heterocycles. The van der Waals surface area contributed by atoms with Crippen molar-refractivity contribution in [2.75, 3.05) is 32.3 Å². The zero-order valence-electron chi connectivity index (χ0n) is 22.9. The molecule has 0 radical (unpaired) electrons. The highest BCUT2D eigenvalue weighted by Gasteiger charge is 2.45. The lowest BCUT2D eigenvalue weighted by atomic mass is 9.83. The molecule has 1 aromatic heterocycles. The fraction of sp³-hybridized carbons (Fsp3) is 0.367. The van der Waals surface area contributed by atoms with Crippen LogP contribution in [-0.4, -0.2) is 49.7 Å². The number of carbonyl (C=O) groups is 2. The SMILES string of the molecule is COCCn1cccc(N2C[C@@H](c3c(F)cc(OC)cc3F)[C@H](CC(=O)c3ccc(OC(C)C)cc3)C2=O)c1=O. The molecule has 8 nitrogen and oxygen atoms in total. The molecule has 1 fully saturated rings. The van der Waals surface area contributed by atoms with E-state index in [4.69, 9.17) is 14.2 Å². The molecular weight excluding hydrogens is 522 g/mol. The van der Waals surface area contributed by atoms with Gasteiger partial charge in [0, 0.05) is 62.0 Å². The van der Waals surface area contributed by atoms with Gasteiger partial charge in [-0.1, -0.05) is 0 Å². The summed E-state index contributed by atoms with van der Waals surface area (Å²) in [5, 5.41) is 0. The first kappa shape index (κ1) is 28.9. The fourth-order valence-corrected chi connectivity index (χ4v) is 4.96. The first-order chi connectivity index (χ1) is 19.1. The number of nitrogens with zero attached hydrogens (tertiary/aromatic N) is 2. The number of halogens is 2. The number of hydrogen-bond donors (Lipinski definition) is 0. The summed E-state index contributed by atoms with van der Waals surface area (Å²) >= 11 is 0. The van der Waals surface area contributed by atoms with Gasteiger partial charge >= 0.3 is 0 Å². The van der Waals surface area contributed by atoms with Crippen LogP contribution in [0, 0.1) is 17.6 Å². The Bertz CT molecular complexity index is 1410. The number of amides is 1. The van der Waals surface area contributed by atoms with Gasteiger partial charge in [-0.05, 0) is 50.2 Å². The Balaban J connectivity index is 1.71. The molecule has 1 aliphatic rings. The summed E-state index contributed by atoms with van der Waals surface area (Å²) in [4.78, 5) is 41.5. The van der Waals surface area contributed by atoms with Crippen molar-refractivity contribution in [1.29, 1.82) is 0 Å². The summed E-state index contributed by atoms with van der Waals surface area (Å²) in [6.45, 7) is 4.12. The van der Waals surface area contributed by atoms with Gasteiger partial charge in [0.15, 0.2) is 5.78 Å². The van der Waals surface area contributed by atoms with E-state index in [9.17, 15) is 14.4 Å². The number of methoxy groups -OCH3 is 2. The first-order valence-corrected chi connectivity index (χ1v) is 13.0. The second-order valence-corrected chi connectivity index (χ2v) is 9.87. The topological polar surface area (TPSA) is 87.1 Å². The molecule has 0 aliphatic carbocycles. The van der Waals surface area contributed by atoms with E-state index in [-0.39, 0.29) is 55.0 Å². The highest BCUT2D eigenvalue weighted by Crippen LogP contribution is 2.41. The van der Waals surface area contributed by atoms with Crippen LogP contribution in [0.15, 0.2) is 59.5 Å². The predicted octanol–water partition coefficient (Wildman–Crippen LogP) is 4.59. The third kappa shape index (κ3) is 6.07. The molecule has 2 atom stereocenters. The number of hydrogen-bond acceptors (Lipinski definition) is 6. The molecule has 10 heteroatoms. The van der Waals surface area contributed by atoms with E-state index in [0.717, 1.165) is 12.1 Å². The third-order valence-electron chi connectivity index (χ3n) is 6.89. The largest absolute Gasteiger partial charge is 0.497 e. The average molecular weight is 555 g/mol. The Morgan fingerprint density at radius 2 is 1.70 bits per heavy atom. The lowest BCUT2D eigenvalue weighted by Crippen LogP contribution is -2.35. The zero-order valence-corrected chi connectivity index (χ0v) is 22.9. The number of carbonyl (C=O) groups excluding carboxylic acids is 2. The Hall–Kier alpha value is -4.05. The van der Waals surface area contributed by atoms with Gasteiger partial charge in [-0.2, -0.15) is 0 Å². The molecule has 0 saturated carbocycles. The monoisotopic (exact) mass is 554 g/mol. The van der Waals surface area contributed by atoms with Gasteiger partial charge in [0.25, 0.3) is 5.56 Å². The minimum Gasteiger partial charge on any atom is -0.497 e. The molecule has 0 bridgehead atoms. The predicted molar refractivity (Wildman–Crippen MR) is 145 cm³/mol. The van der Waals surface area contributed by atoms with Crippen molar-refractivity contribution < 1.29 is 32.6 Å². The molecule has 3 aromatic rings. The molecule has 2 aromatic carbocycles. The number of ether oxygens (including phenoxy) is 3. The van der Waals surface area contributed by atoms with Crippen molar-refractivity contribution in [3.63, 3.8) is 0 Å². The molecule has 0 spiro atoms. The molecule has 4 rings (SSSR count). The van der Waals surface area contributed by atoms with Crippen LogP contribution >= 0.6 is 0 Å². The van der Waals surface area contributed by atoms with Crippen LogP contribution in [0.1, 0.15) is 42.1 Å². The first-order valence-electron chi connectivity index (χ1n) is 13.0. The quantitative estimate of drug-likeness (QED) is 0.323. The van der Waals surface area contributed by atoms with E-state index in [2.05, 4.69) is 0 Å². The Kier molecular flexibility index (Phi) is 8.99. The molecule has 212 valence electrons. The van der Waals surface area contributed by atoms with Gasteiger partial charge in [0.05, 0.1) is 25.7 Å². The number of anilines is 1. The van der Waals surface area contributed by atoms with Crippen molar-refractivity contribution >= 4 is 17.4 Å². The maximum absolute atomic E-state index is 15.2. The Labute approximate surface area is 231 Å². The Morgan fingerprint density at radius 3 is 2.30 bits per heavy atom. The number of Topliss-reactive ketones (excluding diaryl/α,β-unsaturated/α-hetero) is 1. The van der Waals surface area contributed by atoms with E-state index in [1.807, 2.05) is 13.8 Å². The summed E-state index contributed by atoms with van der Waals surface area (Å²) in [5.74, 6) is -4.29. The van der Waals surface area contributed by atoms with Crippen LogP contribution in [-0.2, 0) is 16.1 Å².